The first kappa shape index (κ1) is 99.8. The van der Waals surface area contributed by atoms with Crippen molar-refractivity contribution in [3.8, 4) is 0 Å². The first-order valence-corrected chi connectivity index (χ1v) is 33.9. The van der Waals surface area contributed by atoms with Gasteiger partial charge in [-0.2, -0.15) is 0 Å². The van der Waals surface area contributed by atoms with Crippen LogP contribution in [0, 0.1) is 5.92 Å². The number of aliphatic imine (C=N–C) groups is 1. The summed E-state index contributed by atoms with van der Waals surface area (Å²) in [7, 11) is 0. The van der Waals surface area contributed by atoms with Crippen molar-refractivity contribution in [2.45, 2.75) is 285 Å². The number of carbonyl (C=O) groups excluding carboxylic acids is 3. The zero-order valence-corrected chi connectivity index (χ0v) is 58.6. The molecule has 1 rings (SSSR count). The number of hydrogen-bond acceptors (Lipinski definition) is 35. The van der Waals surface area contributed by atoms with Crippen molar-refractivity contribution >= 4 is 59.1 Å². The minimum Gasteiger partial charge on any atom is -0.480 e. The van der Waals surface area contributed by atoms with Crippen molar-refractivity contribution < 1.29 is 168 Å². The molecule has 3 atom stereocenters. The molecule has 1 heterocycles. The first-order valence-electron chi connectivity index (χ1n) is 33.0. The van der Waals surface area contributed by atoms with Gasteiger partial charge >= 0.3 is 29.8 Å². The van der Waals surface area contributed by atoms with Crippen molar-refractivity contribution in [2.75, 3.05) is 39.5 Å². The molecule has 0 radical (unpaired) electrons. The van der Waals surface area contributed by atoms with E-state index < -0.39 is 24.0 Å². The predicted octanol–water partition coefficient (Wildman–Crippen LogP) is 14.2. The molecule has 0 aromatic heterocycles. The van der Waals surface area contributed by atoms with Gasteiger partial charge in [-0.3, -0.25) is 33.9 Å². The predicted molar refractivity (Wildman–Crippen MR) is 341 cm³/mol. The number of carbonyl (C=O) groups is 5. The van der Waals surface area contributed by atoms with E-state index in [-0.39, 0.29) is 70.0 Å². The number of rotatable bonds is 69. The van der Waals surface area contributed by atoms with Crippen molar-refractivity contribution in [1.82, 2.24) is 10.2 Å². The van der Waals surface area contributed by atoms with Crippen LogP contribution in [0.4, 0.5) is 0 Å². The van der Waals surface area contributed by atoms with Gasteiger partial charge in [0.15, 0.2) is 23.0 Å². The number of halogens is 1. The molecule has 0 saturated heterocycles. The Labute approximate surface area is 582 Å². The Bertz CT molecular complexity index is 1710. The lowest BCUT2D eigenvalue weighted by atomic mass is 9.99. The summed E-state index contributed by atoms with van der Waals surface area (Å²) < 4.78 is 19.9. The highest BCUT2D eigenvalue weighted by atomic mass is 127. The highest BCUT2D eigenvalue weighted by molar-refractivity contribution is 14.1. The lowest BCUT2D eigenvalue weighted by molar-refractivity contribution is -0.862. The van der Waals surface area contributed by atoms with Crippen LogP contribution in [-0.4, -0.2) is 118 Å². The van der Waals surface area contributed by atoms with Crippen molar-refractivity contribution in [2.24, 2.45) is 10.9 Å². The average molecular weight is 1540 g/mol. The summed E-state index contributed by atoms with van der Waals surface area (Å²) >= 11 is 1.32. The molecule has 0 amide bonds. The third kappa shape index (κ3) is 76.5. The number of nitrogens with one attached hydrogen (secondary N) is 1. The first-order chi connectivity index (χ1) is 46.8. The van der Waals surface area contributed by atoms with E-state index in [1.54, 1.807) is 11.1 Å². The van der Waals surface area contributed by atoms with Gasteiger partial charge in [0.2, 0.25) is 0 Å². The zero-order chi connectivity index (χ0) is 71.3. The molecule has 0 saturated carbocycles. The van der Waals surface area contributed by atoms with E-state index in [0.29, 0.717) is 32.8 Å². The molecule has 3 unspecified atom stereocenters. The smallest absolute Gasteiger partial charge is 0.321 e. The molecule has 0 aliphatic carbocycles. The van der Waals surface area contributed by atoms with Crippen LogP contribution in [-0.2, 0) is 142 Å². The molecule has 0 spiro atoms. The highest BCUT2D eigenvalue weighted by Crippen LogP contribution is 2.19. The van der Waals surface area contributed by atoms with Crippen molar-refractivity contribution in [3.05, 3.63) is 11.8 Å². The molecule has 576 valence electrons. The van der Waals surface area contributed by atoms with Crippen LogP contribution in [0.3, 0.4) is 0 Å². The summed E-state index contributed by atoms with van der Waals surface area (Å²) in [6, 6.07) is -1.48. The number of unbranched alkanes of at least 4 members (excludes halogenated alkanes) is 27. The monoisotopic (exact) mass is 1540 g/mol. The average Bonchev–Trinajstić information content (AvgIpc) is 1.89. The molecule has 0 aromatic carbocycles. The van der Waals surface area contributed by atoms with E-state index in [2.05, 4.69) is 135 Å². The molecular formula is C59H114IN3O34. The molecule has 1 aliphatic rings. The number of esters is 3. The number of carboxylic acids is 2. The standard InChI is InChI=1S/C37H66N2O6.C21H41NO4.CH4.HIO12.H2O12/c1-3-5-7-9-11-13-15-17-19-21-30-44-35(40)25-28-39(34(37(42)43)32-33-24-23-27-38-33)29-26-36(41)45-31-22-20-18-16-14-12-10-8-6-4-2;1-4-6-7-8-9-10-11-12-13-14-17-26-19(23)15-16-22-20(21(24)25)18(3)5-2;;1-3-5-7-9-11-13-12-10-8-6-4-2;1-3-5-7-9-11-12-10-8-6-4-2/h24,27,34H,3-23,25-26,28-32H2,1-2H3,(H,42,43);18,20,22H,4-17H2,1-3H3,(H,24,25);1H4;2H;1-2H. The molecule has 6 N–H and O–H groups in total. The minimum atomic E-state index is -0.990. The lowest BCUT2D eigenvalue weighted by Crippen LogP contribution is -2.43. The van der Waals surface area contributed by atoms with Gasteiger partial charge in [0.25, 0.3) is 0 Å². The maximum absolute atomic E-state index is 12.5. The van der Waals surface area contributed by atoms with Crippen LogP contribution in [0.1, 0.15) is 273 Å². The molecule has 37 nitrogen and oxygen atoms in total. The van der Waals surface area contributed by atoms with Gasteiger partial charge in [0, 0.05) is 44.4 Å². The number of ether oxygens (including phenoxy) is 3. The summed E-state index contributed by atoms with van der Waals surface area (Å²) in [5, 5.41) is 111. The Morgan fingerprint density at radius 2 is 0.773 bits per heavy atom. The fourth-order valence-corrected chi connectivity index (χ4v) is 8.91. The molecule has 0 aromatic rings. The van der Waals surface area contributed by atoms with E-state index in [4.69, 9.17) is 30.0 Å². The second-order valence-corrected chi connectivity index (χ2v) is 21.8. The molecule has 0 bridgehead atoms. The van der Waals surface area contributed by atoms with Crippen LogP contribution in [0.15, 0.2) is 16.8 Å². The maximum Gasteiger partial charge on any atom is 0.321 e. The SMILES string of the molecule is C.CCCCCCCCCCCCOC(=O)CCN(CCC(=O)OCCCCCCCCCCCC)C(CC1=CCC=N1)C(=O)O.CCCCCCCCCCCCOC(=O)CCNC(C(=O)O)C(C)CC.OOOOOOOOOOOO.OOOOOOOOOOOOI. The van der Waals surface area contributed by atoms with Gasteiger partial charge < -0.3 is 29.7 Å². The van der Waals surface area contributed by atoms with E-state index in [9.17, 15) is 34.2 Å². The third-order valence-corrected chi connectivity index (χ3v) is 14.2. The van der Waals surface area contributed by atoms with Crippen LogP contribution in [0.25, 0.3) is 0 Å². The van der Waals surface area contributed by atoms with Gasteiger partial charge in [-0.1, -0.05) is 228 Å². The Morgan fingerprint density at radius 3 is 1.05 bits per heavy atom. The maximum atomic E-state index is 12.5. The van der Waals surface area contributed by atoms with E-state index >= 15 is 0 Å². The number of allylic oxidation sites excluding steroid dienone is 1. The normalized spacial score (nSPS) is 12.5. The number of carboxylic acid groups (broad SMARTS) is 2. The summed E-state index contributed by atoms with van der Waals surface area (Å²) in [5.74, 6) is -2.73. The van der Waals surface area contributed by atoms with Gasteiger partial charge in [0.05, 0.1) is 39.1 Å². The highest BCUT2D eigenvalue weighted by Gasteiger charge is 2.29. The Morgan fingerprint density at radius 1 is 0.464 bits per heavy atom. The fourth-order valence-electron chi connectivity index (χ4n) is 8.85. The second-order valence-electron chi connectivity index (χ2n) is 21.4. The topological polar surface area (TPSA) is 436 Å². The number of nitrogens with zero attached hydrogens (tertiary/aromatic N) is 2. The van der Waals surface area contributed by atoms with Crippen LogP contribution < -0.4 is 5.32 Å². The molecular weight excluding hydrogens is 1420 g/mol. The third-order valence-electron chi connectivity index (χ3n) is 14.0. The summed E-state index contributed by atoms with van der Waals surface area (Å²) in [6.45, 7) is 12.6. The van der Waals surface area contributed by atoms with Gasteiger partial charge in [-0.25, -0.2) is 15.8 Å². The van der Waals surface area contributed by atoms with Gasteiger partial charge in [0.1, 0.15) is 12.1 Å². The molecule has 38 heteroatoms. The largest absolute Gasteiger partial charge is 0.480 e. The van der Waals surface area contributed by atoms with Crippen LogP contribution >= 0.6 is 23.0 Å². The summed E-state index contributed by atoms with van der Waals surface area (Å²) in [6.07, 6.45) is 42.6. The summed E-state index contributed by atoms with van der Waals surface area (Å²) in [5.41, 5.74) is 0.722. The Kier molecular flexibility index (Phi) is 85.5. The lowest BCUT2D eigenvalue weighted by Gasteiger charge is -2.28. The van der Waals surface area contributed by atoms with Gasteiger partial charge in [-0.05, 0) is 126 Å². The van der Waals surface area contributed by atoms with Gasteiger partial charge in [-0.15, -0.1) is 3.22 Å². The minimum absolute atomic E-state index is 0. The van der Waals surface area contributed by atoms with Crippen molar-refractivity contribution in [1.29, 1.82) is 0 Å². The van der Waals surface area contributed by atoms with E-state index in [1.807, 2.05) is 19.9 Å². The van der Waals surface area contributed by atoms with Crippen LogP contribution in [0.2, 0.25) is 0 Å². The fraction of sp³-hybridized carbons (Fsp3) is 0.864. The Balaban J connectivity index is -0.000000693. The Hall–Kier alpha value is -3.55. The zero-order valence-electron chi connectivity index (χ0n) is 56.4. The van der Waals surface area contributed by atoms with E-state index in [0.717, 1.165) is 63.5 Å². The number of hydrogen-bond donors (Lipinski definition) is 6. The summed E-state index contributed by atoms with van der Waals surface area (Å²) in [4.78, 5) is 66.1. The molecule has 97 heavy (non-hydrogen) atoms. The van der Waals surface area contributed by atoms with Crippen LogP contribution in [0.5, 0.6) is 0 Å². The molecule has 1 aliphatic heterocycles. The molecule has 0 fully saturated rings. The number of aliphatic carboxylic acids is 2. The quantitative estimate of drug-likeness (QED) is 0.00822. The van der Waals surface area contributed by atoms with E-state index in [1.165, 1.54) is 164 Å². The van der Waals surface area contributed by atoms with Crippen molar-refractivity contribution in [3.63, 3.8) is 0 Å². The second kappa shape index (κ2) is 83.1.